The highest BCUT2D eigenvalue weighted by Crippen LogP contribution is 2.26. The molecule has 0 bridgehead atoms. The van der Waals surface area contributed by atoms with Crippen molar-refractivity contribution in [3.8, 4) is 0 Å². The van der Waals surface area contributed by atoms with E-state index in [1.807, 2.05) is 19.1 Å². The first-order valence-electron chi connectivity index (χ1n) is 7.63. The molecule has 1 aliphatic heterocycles. The molecule has 1 aromatic carbocycles. The summed E-state index contributed by atoms with van der Waals surface area (Å²) >= 11 is 7.41. The number of carbonyl (C=O) groups excluding carboxylic acids is 2. The number of quaternary nitrogens is 1. The molecule has 9 heteroatoms. The summed E-state index contributed by atoms with van der Waals surface area (Å²) in [6, 6.07) is 7.49. The highest BCUT2D eigenvalue weighted by molar-refractivity contribution is 7.16. The van der Waals surface area contributed by atoms with Gasteiger partial charge in [-0.05, 0) is 25.1 Å². The van der Waals surface area contributed by atoms with E-state index in [4.69, 9.17) is 11.6 Å². The molecular formula is C16H15ClN3O4S+. The molecule has 1 unspecified atom stereocenters. The number of amides is 2. The van der Waals surface area contributed by atoms with E-state index in [1.165, 1.54) is 29.5 Å². The Morgan fingerprint density at radius 3 is 2.52 bits per heavy atom. The van der Waals surface area contributed by atoms with Crippen LogP contribution in [0.4, 0.5) is 5.69 Å². The maximum absolute atomic E-state index is 12.5. The second kappa shape index (κ2) is 6.91. The van der Waals surface area contributed by atoms with Crippen LogP contribution in [0.25, 0.3) is 0 Å². The van der Waals surface area contributed by atoms with Gasteiger partial charge in [-0.15, -0.1) is 11.3 Å². The van der Waals surface area contributed by atoms with Crippen LogP contribution in [0, 0.1) is 10.1 Å². The van der Waals surface area contributed by atoms with Crippen molar-refractivity contribution in [1.29, 1.82) is 0 Å². The Hall–Kier alpha value is -2.29. The van der Waals surface area contributed by atoms with Gasteiger partial charge in [-0.2, -0.15) is 0 Å². The van der Waals surface area contributed by atoms with Crippen LogP contribution >= 0.6 is 22.9 Å². The zero-order chi connectivity index (χ0) is 18.1. The summed E-state index contributed by atoms with van der Waals surface area (Å²) in [7, 11) is 0. The second-order valence-corrected chi connectivity index (χ2v) is 7.47. The van der Waals surface area contributed by atoms with Gasteiger partial charge >= 0.3 is 0 Å². The predicted octanol–water partition coefficient (Wildman–Crippen LogP) is 1.97. The third-order valence-electron chi connectivity index (χ3n) is 4.10. The lowest BCUT2D eigenvalue weighted by Gasteiger charge is -2.22. The van der Waals surface area contributed by atoms with Gasteiger partial charge in [0.15, 0.2) is 6.67 Å². The third kappa shape index (κ3) is 3.41. The molecule has 0 saturated heterocycles. The summed E-state index contributed by atoms with van der Waals surface area (Å²) in [6.07, 6.45) is 0. The van der Waals surface area contributed by atoms with Crippen molar-refractivity contribution in [1.82, 2.24) is 4.90 Å². The number of benzene rings is 1. The zero-order valence-corrected chi connectivity index (χ0v) is 14.9. The molecular weight excluding hydrogens is 366 g/mol. The van der Waals surface area contributed by atoms with Crippen molar-refractivity contribution < 1.29 is 19.4 Å². The quantitative estimate of drug-likeness (QED) is 0.471. The van der Waals surface area contributed by atoms with Crippen molar-refractivity contribution in [2.24, 2.45) is 0 Å². The number of rotatable bonds is 6. The number of hydrogen-bond donors (Lipinski definition) is 1. The van der Waals surface area contributed by atoms with E-state index in [1.54, 1.807) is 0 Å². The Bertz CT molecular complexity index is 867. The number of nitro groups is 1. The van der Waals surface area contributed by atoms with Gasteiger partial charge in [0.25, 0.3) is 17.5 Å². The van der Waals surface area contributed by atoms with E-state index < -0.39 is 16.7 Å². The van der Waals surface area contributed by atoms with Gasteiger partial charge in [-0.1, -0.05) is 11.6 Å². The molecule has 0 fully saturated rings. The summed E-state index contributed by atoms with van der Waals surface area (Å²) in [5, 5.41) is 10.9. The van der Waals surface area contributed by atoms with E-state index in [0.29, 0.717) is 17.4 Å². The molecule has 2 amide bonds. The number of nitrogens with zero attached hydrogens (tertiary/aromatic N) is 2. The van der Waals surface area contributed by atoms with E-state index >= 15 is 0 Å². The van der Waals surface area contributed by atoms with Crippen LogP contribution in [0.1, 0.15) is 32.5 Å². The number of nitro benzene ring substituents is 1. The zero-order valence-electron chi connectivity index (χ0n) is 13.3. The molecule has 130 valence electrons. The first kappa shape index (κ1) is 17.5. The lowest BCUT2D eigenvalue weighted by atomic mass is 10.1. The number of thiophene rings is 1. The van der Waals surface area contributed by atoms with Crippen LogP contribution in [-0.2, 0) is 6.54 Å². The maximum Gasteiger partial charge on any atom is 0.270 e. The van der Waals surface area contributed by atoms with E-state index in [9.17, 15) is 19.7 Å². The molecule has 3 rings (SSSR count). The van der Waals surface area contributed by atoms with Crippen LogP contribution in [0.2, 0.25) is 4.34 Å². The summed E-state index contributed by atoms with van der Waals surface area (Å²) in [5.41, 5.74) is 0.105. The van der Waals surface area contributed by atoms with Gasteiger partial charge < -0.3 is 4.90 Å². The molecule has 1 atom stereocenters. The fourth-order valence-electron chi connectivity index (χ4n) is 2.75. The monoisotopic (exact) mass is 380 g/mol. The van der Waals surface area contributed by atoms with Crippen molar-refractivity contribution in [2.45, 2.75) is 13.5 Å². The first-order valence-corrected chi connectivity index (χ1v) is 8.82. The summed E-state index contributed by atoms with van der Waals surface area (Å²) in [6.45, 7) is 3.52. The summed E-state index contributed by atoms with van der Waals surface area (Å²) in [4.78, 5) is 38.6. The molecule has 2 heterocycles. The minimum atomic E-state index is -0.579. The van der Waals surface area contributed by atoms with Crippen LogP contribution in [-0.4, -0.2) is 34.9 Å². The standard InChI is InChI=1S/C16H14ClN3O4S/c1-2-18(8-11-4-6-14(17)25-11)9-19-15(21)12-5-3-10(20(23)24)7-13(12)16(19)22/h3-7H,2,8-9H2,1H3/p+1. The van der Waals surface area contributed by atoms with Crippen molar-refractivity contribution in [3.05, 3.63) is 60.8 Å². The average molecular weight is 381 g/mol. The van der Waals surface area contributed by atoms with E-state index in [-0.39, 0.29) is 23.5 Å². The fraction of sp³-hybridized carbons (Fsp3) is 0.250. The van der Waals surface area contributed by atoms with E-state index in [0.717, 1.165) is 14.7 Å². The number of halogens is 1. The van der Waals surface area contributed by atoms with Gasteiger partial charge in [0.05, 0.1) is 31.8 Å². The van der Waals surface area contributed by atoms with Crippen LogP contribution in [0.5, 0.6) is 0 Å². The highest BCUT2D eigenvalue weighted by atomic mass is 35.5. The number of hydrogen-bond acceptors (Lipinski definition) is 5. The van der Waals surface area contributed by atoms with Crippen molar-refractivity contribution in [3.63, 3.8) is 0 Å². The summed E-state index contributed by atoms with van der Waals surface area (Å²) in [5.74, 6) is -0.899. The fourth-order valence-corrected chi connectivity index (χ4v) is 3.90. The maximum atomic E-state index is 12.5. The summed E-state index contributed by atoms with van der Waals surface area (Å²) < 4.78 is 0.693. The molecule has 1 aromatic heterocycles. The minimum Gasteiger partial charge on any atom is -0.313 e. The third-order valence-corrected chi connectivity index (χ3v) is 5.33. The Kier molecular flexibility index (Phi) is 4.85. The molecule has 1 aliphatic rings. The van der Waals surface area contributed by atoms with Gasteiger partial charge in [0.1, 0.15) is 6.54 Å². The SMILES string of the molecule is CC[NH+](Cc1ccc(Cl)s1)CN1C(=O)c2ccc([N+](=O)[O-])cc2C1=O. The lowest BCUT2D eigenvalue weighted by Crippen LogP contribution is -3.12. The number of fused-ring (bicyclic) bond motifs is 1. The van der Waals surface area contributed by atoms with Crippen LogP contribution in [0.15, 0.2) is 30.3 Å². The smallest absolute Gasteiger partial charge is 0.270 e. The van der Waals surface area contributed by atoms with Crippen LogP contribution in [0.3, 0.4) is 0 Å². The van der Waals surface area contributed by atoms with Crippen LogP contribution < -0.4 is 4.90 Å². The molecule has 25 heavy (non-hydrogen) atoms. The second-order valence-electron chi connectivity index (χ2n) is 5.67. The Balaban J connectivity index is 1.79. The Morgan fingerprint density at radius 1 is 1.20 bits per heavy atom. The molecule has 1 N–H and O–H groups in total. The van der Waals surface area contributed by atoms with Gasteiger partial charge in [0.2, 0.25) is 0 Å². The van der Waals surface area contributed by atoms with Crippen molar-refractivity contribution in [2.75, 3.05) is 13.2 Å². The van der Waals surface area contributed by atoms with Crippen molar-refractivity contribution >= 4 is 40.4 Å². The number of nitrogens with one attached hydrogen (secondary N) is 1. The van der Waals surface area contributed by atoms with E-state index in [2.05, 4.69) is 0 Å². The Morgan fingerprint density at radius 2 is 1.92 bits per heavy atom. The molecule has 2 aromatic rings. The average Bonchev–Trinajstić information content (AvgIpc) is 3.10. The Labute approximate surface area is 152 Å². The first-order chi connectivity index (χ1) is 11.9. The number of non-ortho nitro benzene ring substituents is 1. The lowest BCUT2D eigenvalue weighted by molar-refractivity contribution is -0.918. The molecule has 0 spiro atoms. The topological polar surface area (TPSA) is 85.0 Å². The van der Waals surface area contributed by atoms with Gasteiger partial charge in [-0.25, -0.2) is 4.90 Å². The molecule has 0 radical (unpaired) electrons. The highest BCUT2D eigenvalue weighted by Gasteiger charge is 2.38. The largest absolute Gasteiger partial charge is 0.313 e. The minimum absolute atomic E-state index is 0.0915. The molecule has 0 saturated carbocycles. The number of imide groups is 1. The molecule has 0 aliphatic carbocycles. The number of carbonyl (C=O) groups is 2. The van der Waals surface area contributed by atoms with Gasteiger partial charge in [0, 0.05) is 12.1 Å². The predicted molar refractivity (Wildman–Crippen MR) is 93.0 cm³/mol. The normalized spacial score (nSPS) is 14.7. The van der Waals surface area contributed by atoms with Gasteiger partial charge in [-0.3, -0.25) is 19.7 Å². The molecule has 7 nitrogen and oxygen atoms in total.